The van der Waals surface area contributed by atoms with Crippen molar-refractivity contribution in [2.24, 2.45) is 0 Å². The van der Waals surface area contributed by atoms with E-state index in [1.807, 2.05) is 32.1 Å². The first-order chi connectivity index (χ1) is 3.66. The summed E-state index contributed by atoms with van der Waals surface area (Å²) in [5.74, 6) is 1.58. The van der Waals surface area contributed by atoms with Crippen molar-refractivity contribution in [3.05, 3.63) is 11.8 Å². The molecule has 0 rings (SSSR count). The molecule has 0 bridgehead atoms. The van der Waals surface area contributed by atoms with Crippen molar-refractivity contribution in [2.75, 3.05) is 14.1 Å². The van der Waals surface area contributed by atoms with Crippen molar-refractivity contribution < 1.29 is 0 Å². The molecule has 0 aromatic heterocycles. The average Bonchev–Trinajstić information content (AvgIpc) is 1.65. The molecule has 0 fully saturated rings. The molecule has 0 heterocycles. The Bertz CT molecular complexity index is 105. The normalized spacial score (nSPS) is 11.0. The molecule has 1 nitrogen and oxygen atoms in total. The van der Waals surface area contributed by atoms with E-state index in [4.69, 9.17) is 7.49 Å². The summed E-state index contributed by atoms with van der Waals surface area (Å²) >= 11 is 0. The number of nitrogens with zero attached hydrogens (tertiary/aromatic N) is 1. The molecule has 1 radical (unpaired) electrons. The molecule has 0 N–H and O–H groups in total. The zero-order valence-electron chi connectivity index (χ0n) is 5.68. The molecule has 0 saturated carbocycles. The topological polar surface area (TPSA) is 3.24 Å². The Balaban J connectivity index is 3.74. The van der Waals surface area contributed by atoms with Gasteiger partial charge in [0.15, 0.2) is 0 Å². The van der Waals surface area contributed by atoms with Gasteiger partial charge in [0, 0.05) is 0 Å². The van der Waals surface area contributed by atoms with E-state index in [0.717, 1.165) is 5.57 Å². The van der Waals surface area contributed by atoms with Crippen LogP contribution in [-0.2, 0) is 0 Å². The van der Waals surface area contributed by atoms with Gasteiger partial charge in [0.25, 0.3) is 0 Å². The molecule has 0 aromatic carbocycles. The van der Waals surface area contributed by atoms with Crippen LogP contribution in [0.3, 0.4) is 0 Å². The van der Waals surface area contributed by atoms with Gasteiger partial charge in [0.05, 0.1) is 0 Å². The van der Waals surface area contributed by atoms with Crippen molar-refractivity contribution >= 4 is 13.5 Å². The molecule has 0 spiro atoms. The molecule has 0 unspecified atom stereocenters. The van der Waals surface area contributed by atoms with Gasteiger partial charge in [0.2, 0.25) is 0 Å². The van der Waals surface area contributed by atoms with Gasteiger partial charge in [-0.1, -0.05) is 0 Å². The molecule has 0 saturated heterocycles. The Morgan fingerprint density at radius 2 is 2.00 bits per heavy atom. The Morgan fingerprint density at radius 1 is 1.50 bits per heavy atom. The minimum absolute atomic E-state index is 1.08. The van der Waals surface area contributed by atoms with Crippen LogP contribution in [-0.4, -0.2) is 32.4 Å². The van der Waals surface area contributed by atoms with E-state index in [1.54, 1.807) is 5.97 Å². The summed E-state index contributed by atoms with van der Waals surface area (Å²) < 4.78 is 0. The van der Waals surface area contributed by atoms with Crippen LogP contribution in [0, 0.1) is 0 Å². The van der Waals surface area contributed by atoms with Gasteiger partial charge in [-0.3, -0.25) is 0 Å². The molecule has 8 heavy (non-hydrogen) atoms. The second-order valence-electron chi connectivity index (χ2n) is 2.00. The van der Waals surface area contributed by atoms with Gasteiger partial charge >= 0.3 is 51.1 Å². The summed E-state index contributed by atoms with van der Waals surface area (Å²) in [6.07, 6.45) is 1.96. The summed E-state index contributed by atoms with van der Waals surface area (Å²) in [5, 5.41) is 0. The maximum atomic E-state index is 5.20. The zero-order valence-corrected chi connectivity index (χ0v) is 5.68. The number of hydrogen-bond acceptors (Lipinski definition) is 1. The summed E-state index contributed by atoms with van der Waals surface area (Å²) in [6.45, 7) is 1.96. The molecule has 0 aliphatic carbocycles. The quantitative estimate of drug-likeness (QED) is 0.463. The standard InChI is InChI=1S/C6H11BN/c1-6(4-7)5-8(2)3/h4-5H,1-3H3/b6-5-. The third-order valence-corrected chi connectivity index (χ3v) is 0.725. The molecule has 0 atom stereocenters. The van der Waals surface area contributed by atoms with E-state index >= 15 is 0 Å². The third-order valence-electron chi connectivity index (χ3n) is 0.725. The van der Waals surface area contributed by atoms with E-state index in [9.17, 15) is 0 Å². The van der Waals surface area contributed by atoms with Crippen LogP contribution in [0.5, 0.6) is 0 Å². The minimum atomic E-state index is 1.08. The van der Waals surface area contributed by atoms with E-state index in [2.05, 4.69) is 0 Å². The SMILES string of the molecule is [B]=C/C(C)=C\N(C)C. The van der Waals surface area contributed by atoms with Crippen LogP contribution in [0.1, 0.15) is 6.92 Å². The molecular formula is C6H11BN. The van der Waals surface area contributed by atoms with E-state index < -0.39 is 0 Å². The van der Waals surface area contributed by atoms with E-state index in [1.165, 1.54) is 0 Å². The number of rotatable bonds is 2. The summed E-state index contributed by atoms with van der Waals surface area (Å²) in [5.41, 5.74) is 1.08. The Morgan fingerprint density at radius 3 is 2.12 bits per heavy atom. The first-order valence-corrected chi connectivity index (χ1v) is 2.56. The van der Waals surface area contributed by atoms with Gasteiger partial charge in [-0.15, -0.1) is 0 Å². The predicted molar refractivity (Wildman–Crippen MR) is 39.3 cm³/mol. The Labute approximate surface area is 52.1 Å². The van der Waals surface area contributed by atoms with Gasteiger partial charge in [0.1, 0.15) is 0 Å². The third kappa shape index (κ3) is 3.66. The van der Waals surface area contributed by atoms with Crippen molar-refractivity contribution in [3.63, 3.8) is 0 Å². The predicted octanol–water partition coefficient (Wildman–Crippen LogP) is 0.422. The maximum absolute atomic E-state index is 5.20. The fourth-order valence-electron chi connectivity index (χ4n) is 0.450. The van der Waals surface area contributed by atoms with Crippen molar-refractivity contribution in [1.82, 2.24) is 4.90 Å². The fourth-order valence-corrected chi connectivity index (χ4v) is 0.450. The van der Waals surface area contributed by atoms with E-state index in [-0.39, 0.29) is 0 Å². The molecular weight excluding hydrogens is 96.9 g/mol. The van der Waals surface area contributed by atoms with Gasteiger partial charge in [-0.25, -0.2) is 0 Å². The monoisotopic (exact) mass is 108 g/mol. The summed E-state index contributed by atoms with van der Waals surface area (Å²) in [6, 6.07) is 0. The van der Waals surface area contributed by atoms with Crippen molar-refractivity contribution in [2.45, 2.75) is 6.92 Å². The van der Waals surface area contributed by atoms with Gasteiger partial charge < -0.3 is 0 Å². The van der Waals surface area contributed by atoms with Gasteiger partial charge in [-0.05, 0) is 0 Å². The van der Waals surface area contributed by atoms with Crippen molar-refractivity contribution in [1.29, 1.82) is 0 Å². The molecule has 0 aliphatic rings. The van der Waals surface area contributed by atoms with Gasteiger partial charge in [-0.2, -0.15) is 0 Å². The number of hydrogen-bond donors (Lipinski definition) is 0. The van der Waals surface area contributed by atoms with Crippen molar-refractivity contribution in [3.8, 4) is 0 Å². The van der Waals surface area contributed by atoms with Crippen LogP contribution in [0.2, 0.25) is 0 Å². The fraction of sp³-hybridized carbons (Fsp3) is 0.500. The second kappa shape index (κ2) is 3.47. The zero-order chi connectivity index (χ0) is 6.57. The van der Waals surface area contributed by atoms with Crippen LogP contribution in [0.25, 0.3) is 0 Å². The molecule has 43 valence electrons. The number of allylic oxidation sites excluding steroid dienone is 1. The molecule has 0 aliphatic heterocycles. The second-order valence-corrected chi connectivity index (χ2v) is 2.00. The summed E-state index contributed by atoms with van der Waals surface area (Å²) in [4.78, 5) is 1.96. The molecule has 0 amide bonds. The molecule has 2 heteroatoms. The van der Waals surface area contributed by atoms with Crippen LogP contribution in [0.15, 0.2) is 11.8 Å². The summed E-state index contributed by atoms with van der Waals surface area (Å²) in [7, 11) is 9.13. The Hall–Kier alpha value is -0.525. The molecule has 0 aromatic rings. The van der Waals surface area contributed by atoms with Crippen LogP contribution in [0.4, 0.5) is 0 Å². The first kappa shape index (κ1) is 7.47. The van der Waals surface area contributed by atoms with E-state index in [0.29, 0.717) is 0 Å². The first-order valence-electron chi connectivity index (χ1n) is 2.56. The van der Waals surface area contributed by atoms with Crippen LogP contribution < -0.4 is 0 Å². The average molecular weight is 108 g/mol. The Kier molecular flexibility index (Phi) is 3.25. The van der Waals surface area contributed by atoms with Crippen LogP contribution >= 0.6 is 0 Å².